The van der Waals surface area contributed by atoms with Gasteiger partial charge in [-0.2, -0.15) is 5.10 Å². The van der Waals surface area contributed by atoms with Crippen LogP contribution >= 0.6 is 0 Å². The van der Waals surface area contributed by atoms with Crippen molar-refractivity contribution in [1.29, 1.82) is 0 Å². The monoisotopic (exact) mass is 268 g/mol. The van der Waals surface area contributed by atoms with Crippen molar-refractivity contribution in [3.05, 3.63) is 0 Å². The van der Waals surface area contributed by atoms with Crippen LogP contribution in [0.1, 0.15) is 12.8 Å². The summed E-state index contributed by atoms with van der Waals surface area (Å²) in [6.07, 6.45) is 0.613. The van der Waals surface area contributed by atoms with Crippen molar-refractivity contribution in [3.63, 3.8) is 0 Å². The molecule has 0 atom stereocenters. The Bertz CT molecular complexity index is 421. The number of carbonyl (C=O) groups excluding carboxylic acids is 3. The first-order chi connectivity index (χ1) is 9.16. The molecule has 8 nitrogen and oxygen atoms in total. The molecule has 2 rings (SSSR count). The topological polar surface area (TPSA) is 100 Å². The molecule has 2 N–H and O–H groups in total. The van der Waals surface area contributed by atoms with Gasteiger partial charge in [-0.3, -0.25) is 14.4 Å². The van der Waals surface area contributed by atoms with Crippen LogP contribution in [0.15, 0.2) is 5.10 Å². The maximum Gasteiger partial charge on any atom is 0.267 e. The molecular weight excluding hydrogens is 252 g/mol. The molecule has 0 aromatic carbocycles. The summed E-state index contributed by atoms with van der Waals surface area (Å²) in [6, 6.07) is 0. The van der Waals surface area contributed by atoms with Crippen molar-refractivity contribution in [3.8, 4) is 0 Å². The number of amides is 3. The zero-order valence-electron chi connectivity index (χ0n) is 10.5. The number of morpholine rings is 1. The van der Waals surface area contributed by atoms with E-state index in [1.165, 1.54) is 0 Å². The number of hydrogen-bond donors (Lipinski definition) is 2. The number of hydrazone groups is 1. The van der Waals surface area contributed by atoms with Gasteiger partial charge < -0.3 is 15.0 Å². The molecule has 0 aromatic heterocycles. The summed E-state index contributed by atoms with van der Waals surface area (Å²) >= 11 is 0. The molecule has 3 amide bonds. The van der Waals surface area contributed by atoms with E-state index in [2.05, 4.69) is 15.8 Å². The first kappa shape index (κ1) is 13.5. The summed E-state index contributed by atoms with van der Waals surface area (Å²) in [5, 5.41) is 6.37. The van der Waals surface area contributed by atoms with E-state index in [9.17, 15) is 14.4 Å². The predicted molar refractivity (Wildman–Crippen MR) is 65.2 cm³/mol. The summed E-state index contributed by atoms with van der Waals surface area (Å²) in [5.41, 5.74) is 2.58. The fourth-order valence-electron chi connectivity index (χ4n) is 1.83. The molecule has 0 unspecified atom stereocenters. The Morgan fingerprint density at radius 1 is 1.42 bits per heavy atom. The summed E-state index contributed by atoms with van der Waals surface area (Å²) < 4.78 is 5.01. The van der Waals surface area contributed by atoms with Gasteiger partial charge in [-0.15, -0.1) is 0 Å². The number of carbonyl (C=O) groups is 3. The highest BCUT2D eigenvalue weighted by atomic mass is 16.5. The molecule has 19 heavy (non-hydrogen) atoms. The number of hydrogen-bond acceptors (Lipinski definition) is 5. The van der Waals surface area contributed by atoms with E-state index in [0.29, 0.717) is 38.4 Å². The molecule has 2 aliphatic rings. The van der Waals surface area contributed by atoms with E-state index in [1.807, 2.05) is 0 Å². The Hall–Kier alpha value is -1.96. The van der Waals surface area contributed by atoms with Crippen LogP contribution in [0.5, 0.6) is 0 Å². The van der Waals surface area contributed by atoms with Gasteiger partial charge in [0.25, 0.3) is 5.91 Å². The number of nitrogens with zero attached hydrogens (tertiary/aromatic N) is 2. The predicted octanol–water partition coefficient (Wildman–Crippen LogP) is -1.77. The first-order valence-corrected chi connectivity index (χ1v) is 6.16. The fourth-order valence-corrected chi connectivity index (χ4v) is 1.83. The van der Waals surface area contributed by atoms with Crippen molar-refractivity contribution in [2.75, 3.05) is 32.8 Å². The molecule has 0 aromatic rings. The molecule has 0 spiro atoms. The Morgan fingerprint density at radius 3 is 2.95 bits per heavy atom. The lowest BCUT2D eigenvalue weighted by molar-refractivity contribution is -0.142. The van der Waals surface area contributed by atoms with Crippen LogP contribution in [0.25, 0.3) is 0 Å². The average Bonchev–Trinajstić information content (AvgIpc) is 2.41. The Balaban J connectivity index is 1.72. The third kappa shape index (κ3) is 3.75. The van der Waals surface area contributed by atoms with Gasteiger partial charge in [0.1, 0.15) is 12.3 Å². The van der Waals surface area contributed by atoms with Gasteiger partial charge in [0, 0.05) is 32.5 Å². The first-order valence-electron chi connectivity index (χ1n) is 6.16. The van der Waals surface area contributed by atoms with Crippen LogP contribution in [-0.2, 0) is 19.1 Å². The summed E-state index contributed by atoms with van der Waals surface area (Å²) in [4.78, 5) is 35.7. The minimum absolute atomic E-state index is 0.0669. The van der Waals surface area contributed by atoms with Gasteiger partial charge >= 0.3 is 0 Å². The molecule has 104 valence electrons. The summed E-state index contributed by atoms with van der Waals surface area (Å²) in [5.74, 6) is -0.557. The second-order valence-electron chi connectivity index (χ2n) is 4.28. The SMILES string of the molecule is O=C1CCC(C(=O)NCCN2CCOCC2=O)=NN1. The van der Waals surface area contributed by atoms with Crippen LogP contribution in [-0.4, -0.2) is 61.2 Å². The molecule has 0 saturated carbocycles. The van der Waals surface area contributed by atoms with Crippen LogP contribution in [0.2, 0.25) is 0 Å². The average molecular weight is 268 g/mol. The van der Waals surface area contributed by atoms with Crippen LogP contribution < -0.4 is 10.7 Å². The Morgan fingerprint density at radius 2 is 2.26 bits per heavy atom. The second-order valence-corrected chi connectivity index (χ2v) is 4.28. The smallest absolute Gasteiger partial charge is 0.267 e. The lowest BCUT2D eigenvalue weighted by Gasteiger charge is -2.26. The highest BCUT2D eigenvalue weighted by molar-refractivity contribution is 6.39. The quantitative estimate of drug-likeness (QED) is 0.630. The van der Waals surface area contributed by atoms with Gasteiger partial charge in [-0.1, -0.05) is 0 Å². The normalized spacial score (nSPS) is 19.8. The molecule has 0 bridgehead atoms. The third-order valence-corrected chi connectivity index (χ3v) is 2.92. The highest BCUT2D eigenvalue weighted by Gasteiger charge is 2.20. The van der Waals surface area contributed by atoms with Crippen molar-refractivity contribution in [2.45, 2.75) is 12.8 Å². The number of nitrogens with one attached hydrogen (secondary N) is 2. The molecule has 2 heterocycles. The van der Waals surface area contributed by atoms with E-state index >= 15 is 0 Å². The third-order valence-electron chi connectivity index (χ3n) is 2.92. The molecule has 2 aliphatic heterocycles. The lowest BCUT2D eigenvalue weighted by Crippen LogP contribution is -2.46. The van der Waals surface area contributed by atoms with E-state index in [0.717, 1.165) is 0 Å². The van der Waals surface area contributed by atoms with E-state index < -0.39 is 0 Å². The van der Waals surface area contributed by atoms with Gasteiger partial charge in [-0.25, -0.2) is 5.43 Å². The summed E-state index contributed by atoms with van der Waals surface area (Å²) in [6.45, 7) is 1.99. The second kappa shape index (κ2) is 6.28. The minimum atomic E-state index is -0.305. The molecule has 8 heteroatoms. The number of rotatable bonds is 4. The Labute approximate surface area is 110 Å². The lowest BCUT2D eigenvalue weighted by atomic mass is 10.1. The molecule has 0 aliphatic carbocycles. The maximum absolute atomic E-state index is 11.7. The van der Waals surface area contributed by atoms with E-state index in [-0.39, 0.29) is 30.7 Å². The number of ether oxygens (including phenoxy) is 1. The zero-order valence-corrected chi connectivity index (χ0v) is 10.5. The van der Waals surface area contributed by atoms with Gasteiger partial charge in [0.05, 0.1) is 6.61 Å². The Kier molecular flexibility index (Phi) is 4.45. The van der Waals surface area contributed by atoms with Crippen LogP contribution in [0.4, 0.5) is 0 Å². The van der Waals surface area contributed by atoms with Crippen molar-refractivity contribution in [2.24, 2.45) is 5.10 Å². The van der Waals surface area contributed by atoms with Gasteiger partial charge in [-0.05, 0) is 0 Å². The fraction of sp³-hybridized carbons (Fsp3) is 0.636. The molecule has 0 radical (unpaired) electrons. The zero-order chi connectivity index (χ0) is 13.7. The molecule has 1 fully saturated rings. The maximum atomic E-state index is 11.7. The van der Waals surface area contributed by atoms with Crippen LogP contribution in [0, 0.1) is 0 Å². The van der Waals surface area contributed by atoms with Crippen molar-refractivity contribution in [1.82, 2.24) is 15.6 Å². The van der Waals surface area contributed by atoms with Crippen LogP contribution in [0.3, 0.4) is 0 Å². The summed E-state index contributed by atoms with van der Waals surface area (Å²) in [7, 11) is 0. The van der Waals surface area contributed by atoms with E-state index in [1.54, 1.807) is 4.90 Å². The van der Waals surface area contributed by atoms with E-state index in [4.69, 9.17) is 4.74 Å². The van der Waals surface area contributed by atoms with Gasteiger partial charge in [0.2, 0.25) is 11.8 Å². The van der Waals surface area contributed by atoms with Crippen molar-refractivity contribution >= 4 is 23.4 Å². The van der Waals surface area contributed by atoms with Crippen molar-refractivity contribution < 1.29 is 19.1 Å². The van der Waals surface area contributed by atoms with Gasteiger partial charge in [0.15, 0.2) is 0 Å². The molecule has 1 saturated heterocycles. The largest absolute Gasteiger partial charge is 0.370 e. The molecular formula is C11H16N4O4. The standard InChI is InChI=1S/C11H16N4O4/c16-9-2-1-8(13-14-9)11(18)12-3-4-15-5-6-19-7-10(15)17/h1-7H2,(H,12,18)(H,14,16). The highest BCUT2D eigenvalue weighted by Crippen LogP contribution is 2.00. The minimum Gasteiger partial charge on any atom is -0.370 e.